The second-order valence-corrected chi connectivity index (χ2v) is 7.97. The number of amides is 2. The molecule has 3 rings (SSSR count). The van der Waals surface area contributed by atoms with E-state index in [4.69, 9.17) is 21.2 Å². The Balaban J connectivity index is 1.46. The van der Waals surface area contributed by atoms with E-state index < -0.39 is 12.2 Å². The number of ether oxygens (including phenoxy) is 1. The van der Waals surface area contributed by atoms with Gasteiger partial charge in [0.15, 0.2) is 0 Å². The second kappa shape index (κ2) is 10.4. The maximum atomic E-state index is 12.2. The van der Waals surface area contributed by atoms with Crippen LogP contribution < -0.4 is 21.0 Å². The van der Waals surface area contributed by atoms with E-state index in [1.54, 1.807) is 17.0 Å². The van der Waals surface area contributed by atoms with Gasteiger partial charge in [0.25, 0.3) is 5.91 Å². The molecular formula is C19H23ClN4O4S. The summed E-state index contributed by atoms with van der Waals surface area (Å²) in [6.45, 7) is 4.53. The molecule has 3 N–H and O–H groups in total. The minimum Gasteiger partial charge on any atom is -0.442 e. The number of rotatable bonds is 10. The Kier molecular flexibility index (Phi) is 7.70. The quantitative estimate of drug-likeness (QED) is 0.390. The molecule has 1 aliphatic rings. The molecule has 0 spiro atoms. The van der Waals surface area contributed by atoms with Crippen molar-refractivity contribution in [1.29, 1.82) is 0 Å². The van der Waals surface area contributed by atoms with Gasteiger partial charge in [-0.15, -0.1) is 11.3 Å². The fraction of sp³-hybridized carbons (Fsp3) is 0.368. The van der Waals surface area contributed by atoms with Crippen molar-refractivity contribution >= 4 is 46.3 Å². The molecule has 10 heteroatoms. The normalized spacial score (nSPS) is 16.0. The van der Waals surface area contributed by atoms with Crippen LogP contribution in [0.15, 0.2) is 36.4 Å². The van der Waals surface area contributed by atoms with E-state index in [0.29, 0.717) is 28.9 Å². The molecule has 1 unspecified atom stereocenters. The third-order valence-electron chi connectivity index (χ3n) is 4.12. The predicted molar refractivity (Wildman–Crippen MR) is 114 cm³/mol. The molecular weight excluding hydrogens is 416 g/mol. The lowest BCUT2D eigenvalue weighted by molar-refractivity contribution is 0.0521. The van der Waals surface area contributed by atoms with E-state index in [0.717, 1.165) is 17.9 Å². The Bertz CT molecular complexity index is 830. The maximum absolute atomic E-state index is 12.2. The molecule has 2 aromatic rings. The van der Waals surface area contributed by atoms with Crippen molar-refractivity contribution in [1.82, 2.24) is 10.8 Å². The van der Waals surface area contributed by atoms with Crippen LogP contribution in [0.3, 0.4) is 0 Å². The average Bonchev–Trinajstić information content (AvgIpc) is 3.32. The number of cyclic esters (lactones) is 1. The SMILES string of the molecule is CCNOCCNc1ccc(N2CC(CNC(=O)c3ccc(Cl)s3)OC2=O)cc1. The smallest absolute Gasteiger partial charge is 0.414 e. The summed E-state index contributed by atoms with van der Waals surface area (Å²) in [4.78, 5) is 31.6. The lowest BCUT2D eigenvalue weighted by Crippen LogP contribution is -2.34. The summed E-state index contributed by atoms with van der Waals surface area (Å²) < 4.78 is 5.92. The topological polar surface area (TPSA) is 91.9 Å². The molecule has 0 radical (unpaired) electrons. The van der Waals surface area contributed by atoms with E-state index in [9.17, 15) is 9.59 Å². The van der Waals surface area contributed by atoms with E-state index >= 15 is 0 Å². The first-order chi connectivity index (χ1) is 14.1. The zero-order chi connectivity index (χ0) is 20.6. The molecule has 1 fully saturated rings. The van der Waals surface area contributed by atoms with Crippen molar-refractivity contribution in [3.8, 4) is 0 Å². The highest BCUT2D eigenvalue weighted by Gasteiger charge is 2.32. The van der Waals surface area contributed by atoms with Gasteiger partial charge in [0, 0.05) is 24.5 Å². The molecule has 1 atom stereocenters. The Morgan fingerprint density at radius 3 is 2.79 bits per heavy atom. The van der Waals surface area contributed by atoms with Crippen molar-refractivity contribution in [2.24, 2.45) is 0 Å². The standard InChI is InChI=1S/C19H23ClN4O4S/c1-2-23-27-10-9-21-13-3-5-14(6-4-13)24-12-15(28-19(24)26)11-22-18(25)16-7-8-17(20)29-16/h3-8,15,21,23H,2,9-12H2,1H3,(H,22,25). The molecule has 29 heavy (non-hydrogen) atoms. The minimum absolute atomic E-state index is 0.232. The molecule has 0 bridgehead atoms. The van der Waals surface area contributed by atoms with Crippen LogP contribution in [0.2, 0.25) is 4.34 Å². The van der Waals surface area contributed by atoms with Crippen LogP contribution in [0, 0.1) is 0 Å². The van der Waals surface area contributed by atoms with Crippen LogP contribution >= 0.6 is 22.9 Å². The number of halogens is 1. The zero-order valence-electron chi connectivity index (χ0n) is 15.9. The van der Waals surface area contributed by atoms with E-state index in [1.165, 1.54) is 11.3 Å². The third kappa shape index (κ3) is 6.07. The first kappa shape index (κ1) is 21.4. The Morgan fingerprint density at radius 1 is 1.31 bits per heavy atom. The van der Waals surface area contributed by atoms with Crippen LogP contribution in [0.4, 0.5) is 16.2 Å². The molecule has 0 aliphatic carbocycles. The highest BCUT2D eigenvalue weighted by molar-refractivity contribution is 7.17. The maximum Gasteiger partial charge on any atom is 0.414 e. The van der Waals surface area contributed by atoms with Crippen molar-refractivity contribution < 1.29 is 19.2 Å². The van der Waals surface area contributed by atoms with Crippen LogP contribution in [0.25, 0.3) is 0 Å². The molecule has 2 heterocycles. The van der Waals surface area contributed by atoms with Gasteiger partial charge in [-0.05, 0) is 36.4 Å². The minimum atomic E-state index is -0.428. The third-order valence-corrected chi connectivity index (χ3v) is 5.35. The summed E-state index contributed by atoms with van der Waals surface area (Å²) in [5.74, 6) is -0.232. The largest absolute Gasteiger partial charge is 0.442 e. The van der Waals surface area contributed by atoms with Gasteiger partial charge in [-0.2, -0.15) is 0 Å². The Labute approximate surface area is 178 Å². The number of anilines is 2. The molecule has 0 saturated carbocycles. The molecule has 2 amide bonds. The number of hydroxylamine groups is 1. The van der Waals surface area contributed by atoms with Crippen LogP contribution in [-0.2, 0) is 9.57 Å². The second-order valence-electron chi connectivity index (χ2n) is 6.25. The number of carbonyl (C=O) groups excluding carboxylic acids is 2. The highest BCUT2D eigenvalue weighted by Crippen LogP contribution is 2.24. The van der Waals surface area contributed by atoms with Gasteiger partial charge in [-0.25, -0.2) is 10.3 Å². The van der Waals surface area contributed by atoms with E-state index in [2.05, 4.69) is 16.1 Å². The predicted octanol–water partition coefficient (Wildman–Crippen LogP) is 3.11. The van der Waals surface area contributed by atoms with Gasteiger partial charge in [0.05, 0.1) is 28.9 Å². The van der Waals surface area contributed by atoms with Crippen LogP contribution in [-0.4, -0.2) is 50.9 Å². The molecule has 8 nitrogen and oxygen atoms in total. The molecule has 1 saturated heterocycles. The highest BCUT2D eigenvalue weighted by atomic mass is 35.5. The van der Waals surface area contributed by atoms with Gasteiger partial charge in [-0.1, -0.05) is 18.5 Å². The molecule has 1 aromatic heterocycles. The number of benzene rings is 1. The van der Waals surface area contributed by atoms with Gasteiger partial charge < -0.3 is 15.4 Å². The van der Waals surface area contributed by atoms with Crippen molar-refractivity contribution in [2.45, 2.75) is 13.0 Å². The van der Waals surface area contributed by atoms with Crippen LogP contribution in [0.1, 0.15) is 16.6 Å². The number of hydrogen-bond acceptors (Lipinski definition) is 7. The number of hydrogen-bond donors (Lipinski definition) is 3. The van der Waals surface area contributed by atoms with Crippen LogP contribution in [0.5, 0.6) is 0 Å². The summed E-state index contributed by atoms with van der Waals surface area (Å²) in [7, 11) is 0. The molecule has 1 aliphatic heterocycles. The van der Waals surface area contributed by atoms with Gasteiger partial charge >= 0.3 is 6.09 Å². The van der Waals surface area contributed by atoms with Crippen molar-refractivity contribution in [3.63, 3.8) is 0 Å². The summed E-state index contributed by atoms with van der Waals surface area (Å²) in [5.41, 5.74) is 4.46. The summed E-state index contributed by atoms with van der Waals surface area (Å²) in [5, 5.41) is 6.01. The Hall–Kier alpha value is -2.33. The van der Waals surface area contributed by atoms with E-state index in [1.807, 2.05) is 31.2 Å². The summed E-state index contributed by atoms with van der Waals surface area (Å²) in [6.07, 6.45) is -0.842. The Morgan fingerprint density at radius 2 is 2.10 bits per heavy atom. The summed E-state index contributed by atoms with van der Waals surface area (Å²) >= 11 is 7.05. The number of carbonyl (C=O) groups is 2. The average molecular weight is 439 g/mol. The van der Waals surface area contributed by atoms with Gasteiger partial charge in [-0.3, -0.25) is 14.5 Å². The van der Waals surface area contributed by atoms with Gasteiger partial charge in [0.2, 0.25) is 0 Å². The number of thiophene rings is 1. The van der Waals surface area contributed by atoms with Crippen molar-refractivity contribution in [2.75, 3.05) is 43.0 Å². The lowest BCUT2D eigenvalue weighted by atomic mass is 10.2. The first-order valence-corrected chi connectivity index (χ1v) is 10.5. The van der Waals surface area contributed by atoms with Crippen molar-refractivity contribution in [3.05, 3.63) is 45.6 Å². The zero-order valence-corrected chi connectivity index (χ0v) is 17.5. The fourth-order valence-corrected chi connectivity index (χ4v) is 3.71. The van der Waals surface area contributed by atoms with E-state index in [-0.39, 0.29) is 12.5 Å². The first-order valence-electron chi connectivity index (χ1n) is 9.27. The summed E-state index contributed by atoms with van der Waals surface area (Å²) in [6, 6.07) is 10.8. The molecule has 1 aromatic carbocycles. The van der Waals surface area contributed by atoms with Gasteiger partial charge in [0.1, 0.15) is 6.10 Å². The number of nitrogens with one attached hydrogen (secondary N) is 3. The lowest BCUT2D eigenvalue weighted by Gasteiger charge is -2.14. The fourth-order valence-electron chi connectivity index (χ4n) is 2.75. The molecule has 156 valence electrons. The monoisotopic (exact) mass is 438 g/mol. The number of nitrogens with zero attached hydrogens (tertiary/aromatic N) is 1.